The van der Waals surface area contributed by atoms with Crippen molar-refractivity contribution >= 4 is 33.5 Å². The second-order valence-electron chi connectivity index (χ2n) is 5.63. The van der Waals surface area contributed by atoms with Crippen LogP contribution in [0.4, 0.5) is 0 Å². The summed E-state index contributed by atoms with van der Waals surface area (Å²) in [4.78, 5) is 17.0. The van der Waals surface area contributed by atoms with E-state index in [-0.39, 0.29) is 12.6 Å². The van der Waals surface area contributed by atoms with Crippen molar-refractivity contribution in [2.45, 2.75) is 6.92 Å². The third-order valence-corrected chi connectivity index (χ3v) is 4.16. The van der Waals surface area contributed by atoms with Gasteiger partial charge in [-0.2, -0.15) is 5.10 Å². The molecular weight excluding hydrogens is 362 g/mol. The highest BCUT2D eigenvalue weighted by Crippen LogP contribution is 2.29. The quantitative estimate of drug-likeness (QED) is 0.766. The van der Waals surface area contributed by atoms with Gasteiger partial charge in [0, 0.05) is 4.47 Å². The van der Waals surface area contributed by atoms with Crippen molar-refractivity contribution < 1.29 is 14.3 Å². The van der Waals surface area contributed by atoms with E-state index in [0.717, 1.165) is 10.0 Å². The lowest BCUT2D eigenvalue weighted by molar-refractivity contribution is -0.168. The standard InChI is InChI=1S/C16H16BrN3O3/c1-16(7-22-11-23-8-16)15(21)14(20-10-18-9-19-20)6-12-2-4-13(17)5-3-12/h2-6,9-10H,7-8,11H2,1H3. The Hall–Kier alpha value is -1.83. The predicted molar refractivity (Wildman–Crippen MR) is 88.2 cm³/mol. The molecule has 0 saturated carbocycles. The maximum atomic E-state index is 13.1. The molecule has 2 heterocycles. The van der Waals surface area contributed by atoms with Gasteiger partial charge >= 0.3 is 0 Å². The second-order valence-corrected chi connectivity index (χ2v) is 6.54. The number of aromatic nitrogens is 3. The fraction of sp³-hybridized carbons (Fsp3) is 0.312. The molecule has 3 rings (SSSR count). The Balaban J connectivity index is 1.99. The summed E-state index contributed by atoms with van der Waals surface area (Å²) < 4.78 is 13.1. The molecule has 0 radical (unpaired) electrons. The van der Waals surface area contributed by atoms with Crippen molar-refractivity contribution in [1.29, 1.82) is 0 Å². The molecule has 1 aliphatic rings. The monoisotopic (exact) mass is 377 g/mol. The molecular formula is C16H16BrN3O3. The zero-order chi connectivity index (χ0) is 16.3. The topological polar surface area (TPSA) is 66.2 Å². The van der Waals surface area contributed by atoms with Crippen LogP contribution >= 0.6 is 15.9 Å². The molecule has 7 heteroatoms. The maximum Gasteiger partial charge on any atom is 0.191 e. The summed E-state index contributed by atoms with van der Waals surface area (Å²) in [5, 5.41) is 4.10. The van der Waals surface area contributed by atoms with Crippen LogP contribution in [0.3, 0.4) is 0 Å². The normalized spacial score (nSPS) is 17.9. The van der Waals surface area contributed by atoms with Crippen molar-refractivity contribution in [3.8, 4) is 0 Å². The van der Waals surface area contributed by atoms with Crippen molar-refractivity contribution in [2.75, 3.05) is 20.0 Å². The van der Waals surface area contributed by atoms with Crippen LogP contribution in [0, 0.1) is 5.41 Å². The lowest BCUT2D eigenvalue weighted by Gasteiger charge is -2.32. The summed E-state index contributed by atoms with van der Waals surface area (Å²) >= 11 is 3.40. The van der Waals surface area contributed by atoms with E-state index in [0.29, 0.717) is 18.9 Å². The first kappa shape index (κ1) is 16.0. The van der Waals surface area contributed by atoms with Gasteiger partial charge in [0.1, 0.15) is 25.1 Å². The number of allylic oxidation sites excluding steroid dienone is 1. The number of hydrogen-bond donors (Lipinski definition) is 0. The van der Waals surface area contributed by atoms with E-state index in [4.69, 9.17) is 9.47 Å². The first-order valence-electron chi connectivity index (χ1n) is 7.11. The fourth-order valence-corrected chi connectivity index (χ4v) is 2.62. The minimum atomic E-state index is -0.745. The molecule has 0 amide bonds. The number of halogens is 1. The molecule has 0 atom stereocenters. The molecule has 2 aromatic rings. The van der Waals surface area contributed by atoms with Gasteiger partial charge in [-0.3, -0.25) is 4.79 Å². The molecule has 120 valence electrons. The fourth-order valence-electron chi connectivity index (χ4n) is 2.36. The summed E-state index contributed by atoms with van der Waals surface area (Å²) in [5.74, 6) is -0.0920. The lowest BCUT2D eigenvalue weighted by Crippen LogP contribution is -2.42. The van der Waals surface area contributed by atoms with Crippen LogP contribution in [0.25, 0.3) is 11.8 Å². The van der Waals surface area contributed by atoms with Gasteiger partial charge in [0.25, 0.3) is 0 Å². The molecule has 1 aliphatic heterocycles. The molecule has 1 aromatic carbocycles. The van der Waals surface area contributed by atoms with Crippen molar-refractivity contribution in [3.05, 3.63) is 47.0 Å². The van der Waals surface area contributed by atoms with Crippen molar-refractivity contribution in [1.82, 2.24) is 14.8 Å². The Kier molecular flexibility index (Phi) is 4.70. The van der Waals surface area contributed by atoms with Crippen LogP contribution in [0.15, 0.2) is 41.4 Å². The molecule has 0 unspecified atom stereocenters. The molecule has 1 saturated heterocycles. The van der Waals surface area contributed by atoms with Gasteiger partial charge in [0.15, 0.2) is 5.78 Å². The van der Waals surface area contributed by atoms with Gasteiger partial charge in [-0.25, -0.2) is 9.67 Å². The van der Waals surface area contributed by atoms with Crippen molar-refractivity contribution in [2.24, 2.45) is 5.41 Å². The Morgan fingerprint density at radius 3 is 2.61 bits per heavy atom. The van der Waals surface area contributed by atoms with Crippen LogP contribution in [-0.4, -0.2) is 40.6 Å². The molecule has 0 bridgehead atoms. The highest BCUT2D eigenvalue weighted by Gasteiger charge is 2.39. The van der Waals surface area contributed by atoms with Crippen molar-refractivity contribution in [3.63, 3.8) is 0 Å². The highest BCUT2D eigenvalue weighted by atomic mass is 79.9. The van der Waals surface area contributed by atoms with E-state index in [1.165, 1.54) is 17.3 Å². The smallest absolute Gasteiger partial charge is 0.191 e. The predicted octanol–water partition coefficient (Wildman–Crippen LogP) is 2.62. The van der Waals surface area contributed by atoms with Gasteiger partial charge in [-0.15, -0.1) is 0 Å². The van der Waals surface area contributed by atoms with E-state index < -0.39 is 5.41 Å². The zero-order valence-electron chi connectivity index (χ0n) is 12.6. The zero-order valence-corrected chi connectivity index (χ0v) is 14.2. The molecule has 6 nitrogen and oxygen atoms in total. The summed E-state index contributed by atoms with van der Waals surface area (Å²) in [6, 6.07) is 7.68. The average Bonchev–Trinajstić information content (AvgIpc) is 3.08. The van der Waals surface area contributed by atoms with E-state index in [2.05, 4.69) is 26.0 Å². The minimum absolute atomic E-state index is 0.0920. The molecule has 0 aliphatic carbocycles. The summed E-state index contributed by atoms with van der Waals surface area (Å²) in [6.07, 6.45) is 4.71. The summed E-state index contributed by atoms with van der Waals surface area (Å²) in [6.45, 7) is 2.69. The highest BCUT2D eigenvalue weighted by molar-refractivity contribution is 9.10. The Morgan fingerprint density at radius 2 is 2.00 bits per heavy atom. The van der Waals surface area contributed by atoms with E-state index in [1.807, 2.05) is 31.2 Å². The number of rotatable bonds is 4. The number of Topliss-reactive ketones (excluding diaryl/α,β-unsaturated/α-hetero) is 1. The number of ketones is 1. The van der Waals surface area contributed by atoms with Crippen LogP contribution in [-0.2, 0) is 14.3 Å². The van der Waals surface area contributed by atoms with Gasteiger partial charge < -0.3 is 9.47 Å². The maximum absolute atomic E-state index is 13.1. The van der Waals surface area contributed by atoms with Gasteiger partial charge in [0.2, 0.25) is 0 Å². The third-order valence-electron chi connectivity index (χ3n) is 3.63. The van der Waals surface area contributed by atoms with Crippen LogP contribution < -0.4 is 0 Å². The number of hydrogen-bond acceptors (Lipinski definition) is 5. The van der Waals surface area contributed by atoms with E-state index in [9.17, 15) is 4.79 Å². The third kappa shape index (κ3) is 3.57. The van der Waals surface area contributed by atoms with Crippen LogP contribution in [0.5, 0.6) is 0 Å². The van der Waals surface area contributed by atoms with Gasteiger partial charge in [0.05, 0.1) is 18.6 Å². The molecule has 1 aromatic heterocycles. The number of benzene rings is 1. The summed E-state index contributed by atoms with van der Waals surface area (Å²) in [5.41, 5.74) is 0.584. The largest absolute Gasteiger partial charge is 0.354 e. The minimum Gasteiger partial charge on any atom is -0.354 e. The first-order chi connectivity index (χ1) is 11.1. The lowest BCUT2D eigenvalue weighted by atomic mass is 9.85. The van der Waals surface area contributed by atoms with Gasteiger partial charge in [-0.1, -0.05) is 28.1 Å². The molecule has 1 fully saturated rings. The number of carbonyl (C=O) groups is 1. The number of carbonyl (C=O) groups excluding carboxylic acids is 1. The Bertz CT molecular complexity index is 705. The SMILES string of the molecule is CC1(C(=O)C(=Cc2ccc(Br)cc2)n2cncn2)COCOC1. The van der Waals surface area contributed by atoms with Gasteiger partial charge in [-0.05, 0) is 30.7 Å². The first-order valence-corrected chi connectivity index (χ1v) is 7.90. The number of ether oxygens (including phenoxy) is 2. The molecule has 23 heavy (non-hydrogen) atoms. The average molecular weight is 378 g/mol. The number of nitrogens with zero attached hydrogens (tertiary/aromatic N) is 3. The van der Waals surface area contributed by atoms with Crippen LogP contribution in [0.1, 0.15) is 12.5 Å². The van der Waals surface area contributed by atoms with E-state index >= 15 is 0 Å². The Morgan fingerprint density at radius 1 is 1.30 bits per heavy atom. The van der Waals surface area contributed by atoms with E-state index in [1.54, 1.807) is 6.08 Å². The molecule has 0 N–H and O–H groups in total. The van der Waals surface area contributed by atoms with Crippen LogP contribution in [0.2, 0.25) is 0 Å². The second kappa shape index (κ2) is 6.74. The Labute approximate surface area is 142 Å². The molecule has 0 spiro atoms. The summed E-state index contributed by atoms with van der Waals surface area (Å²) in [7, 11) is 0.